The van der Waals surface area contributed by atoms with Crippen LogP contribution in [-0.2, 0) is 6.42 Å². The van der Waals surface area contributed by atoms with E-state index in [2.05, 4.69) is 42.0 Å². The van der Waals surface area contributed by atoms with Crippen molar-refractivity contribution in [2.45, 2.75) is 33.1 Å². The molecule has 2 aromatic rings. The lowest BCUT2D eigenvalue weighted by atomic mass is 9.97. The van der Waals surface area contributed by atoms with Crippen LogP contribution in [0, 0.1) is 5.92 Å². The molecule has 1 heterocycles. The zero-order chi connectivity index (χ0) is 10.7. The summed E-state index contributed by atoms with van der Waals surface area (Å²) in [6.07, 6.45) is 5.50. The molecular formula is C13H18N2. The molecule has 0 aliphatic heterocycles. The highest BCUT2D eigenvalue weighted by Crippen LogP contribution is 2.17. The number of hydrogen-bond acceptors (Lipinski definition) is 1. The molecule has 0 aliphatic rings. The lowest BCUT2D eigenvalue weighted by Crippen LogP contribution is -1.98. The average molecular weight is 202 g/mol. The fourth-order valence-electron chi connectivity index (χ4n) is 2.11. The Morgan fingerprint density at radius 1 is 1.40 bits per heavy atom. The molecular weight excluding hydrogens is 184 g/mol. The van der Waals surface area contributed by atoms with Gasteiger partial charge in [0.25, 0.3) is 0 Å². The summed E-state index contributed by atoms with van der Waals surface area (Å²) in [7, 11) is 0. The van der Waals surface area contributed by atoms with Crippen molar-refractivity contribution >= 4 is 11.0 Å². The average Bonchev–Trinajstić information content (AvgIpc) is 2.65. The van der Waals surface area contributed by atoms with E-state index < -0.39 is 0 Å². The van der Waals surface area contributed by atoms with Crippen molar-refractivity contribution in [1.29, 1.82) is 0 Å². The van der Waals surface area contributed by atoms with Crippen LogP contribution in [0.2, 0.25) is 0 Å². The van der Waals surface area contributed by atoms with E-state index in [9.17, 15) is 0 Å². The lowest BCUT2D eigenvalue weighted by Gasteiger charge is -2.09. The maximum atomic E-state index is 4.22. The summed E-state index contributed by atoms with van der Waals surface area (Å²) < 4.78 is 0. The van der Waals surface area contributed by atoms with Gasteiger partial charge in [-0.15, -0.1) is 0 Å². The van der Waals surface area contributed by atoms with Crippen molar-refractivity contribution < 1.29 is 0 Å². The Bertz CT molecular complexity index is 431. The maximum Gasteiger partial charge on any atom is 0.0931 e. The predicted octanol–water partition coefficient (Wildman–Crippen LogP) is 3.54. The Labute approximate surface area is 90.7 Å². The van der Waals surface area contributed by atoms with Gasteiger partial charge in [0.1, 0.15) is 0 Å². The van der Waals surface area contributed by atoms with Crippen molar-refractivity contribution in [3.63, 3.8) is 0 Å². The van der Waals surface area contributed by atoms with Crippen molar-refractivity contribution in [2.24, 2.45) is 5.92 Å². The highest BCUT2D eigenvalue weighted by molar-refractivity contribution is 5.75. The molecule has 1 aromatic carbocycles. The van der Waals surface area contributed by atoms with Crippen LogP contribution in [0.1, 0.15) is 32.3 Å². The van der Waals surface area contributed by atoms with Gasteiger partial charge >= 0.3 is 0 Å². The molecule has 1 N–H and O–H groups in total. The van der Waals surface area contributed by atoms with E-state index in [0.29, 0.717) is 0 Å². The summed E-state index contributed by atoms with van der Waals surface area (Å²) in [4.78, 5) is 7.37. The normalized spacial score (nSPS) is 13.2. The van der Waals surface area contributed by atoms with Gasteiger partial charge in [-0.1, -0.05) is 32.8 Å². The van der Waals surface area contributed by atoms with E-state index in [-0.39, 0.29) is 0 Å². The third-order valence-corrected chi connectivity index (χ3v) is 2.85. The second-order valence-electron chi connectivity index (χ2n) is 4.35. The van der Waals surface area contributed by atoms with Crippen molar-refractivity contribution in [3.05, 3.63) is 30.1 Å². The number of imidazole rings is 1. The fraction of sp³-hybridized carbons (Fsp3) is 0.462. The Morgan fingerprint density at radius 3 is 3.07 bits per heavy atom. The summed E-state index contributed by atoms with van der Waals surface area (Å²) in [5.74, 6) is 0.773. The number of aromatic nitrogens is 2. The first-order valence-electron chi connectivity index (χ1n) is 5.71. The van der Waals surface area contributed by atoms with Gasteiger partial charge in [-0.25, -0.2) is 4.98 Å². The second kappa shape index (κ2) is 4.47. The standard InChI is InChI=1S/C13H18N2/c1-3-4-10(2)7-11-5-6-12-13(8-11)15-9-14-12/h5-6,8-10H,3-4,7H2,1-2H3,(H,14,15). The number of H-pyrrole nitrogens is 1. The third-order valence-electron chi connectivity index (χ3n) is 2.85. The SMILES string of the molecule is CCCC(C)Cc1ccc2nc[nH]c2c1. The van der Waals surface area contributed by atoms with Crippen molar-refractivity contribution in [2.75, 3.05) is 0 Å². The van der Waals surface area contributed by atoms with E-state index in [1.165, 1.54) is 24.8 Å². The molecule has 80 valence electrons. The molecule has 15 heavy (non-hydrogen) atoms. The van der Waals surface area contributed by atoms with E-state index in [1.54, 1.807) is 6.33 Å². The molecule has 1 atom stereocenters. The largest absolute Gasteiger partial charge is 0.345 e. The summed E-state index contributed by atoms with van der Waals surface area (Å²) in [6, 6.07) is 6.50. The second-order valence-corrected chi connectivity index (χ2v) is 4.35. The van der Waals surface area contributed by atoms with Crippen LogP contribution in [0.15, 0.2) is 24.5 Å². The highest BCUT2D eigenvalue weighted by atomic mass is 14.9. The molecule has 0 amide bonds. The quantitative estimate of drug-likeness (QED) is 0.807. The van der Waals surface area contributed by atoms with Crippen LogP contribution < -0.4 is 0 Å². The van der Waals surface area contributed by atoms with Crippen LogP contribution >= 0.6 is 0 Å². The Morgan fingerprint density at radius 2 is 2.27 bits per heavy atom. The van der Waals surface area contributed by atoms with Crippen LogP contribution in [0.3, 0.4) is 0 Å². The van der Waals surface area contributed by atoms with E-state index in [4.69, 9.17) is 0 Å². The number of aromatic amines is 1. The molecule has 0 saturated carbocycles. The minimum Gasteiger partial charge on any atom is -0.345 e. The first-order chi connectivity index (χ1) is 7.29. The molecule has 2 heteroatoms. The van der Waals surface area contributed by atoms with Crippen molar-refractivity contribution in [3.8, 4) is 0 Å². The number of hydrogen-bond donors (Lipinski definition) is 1. The van der Waals surface area contributed by atoms with E-state index in [0.717, 1.165) is 17.0 Å². The molecule has 0 bridgehead atoms. The summed E-state index contributed by atoms with van der Waals surface area (Å²) >= 11 is 0. The van der Waals surface area contributed by atoms with Gasteiger partial charge in [0.2, 0.25) is 0 Å². The summed E-state index contributed by atoms with van der Waals surface area (Å²) in [5.41, 5.74) is 3.62. The molecule has 1 aromatic heterocycles. The molecule has 2 rings (SSSR count). The van der Waals surface area contributed by atoms with Gasteiger partial charge in [0.05, 0.1) is 17.4 Å². The number of rotatable bonds is 4. The van der Waals surface area contributed by atoms with Crippen LogP contribution in [0.25, 0.3) is 11.0 Å². The van der Waals surface area contributed by atoms with Crippen LogP contribution in [0.5, 0.6) is 0 Å². The molecule has 0 fully saturated rings. The fourth-order valence-corrected chi connectivity index (χ4v) is 2.11. The maximum absolute atomic E-state index is 4.22. The van der Waals surface area contributed by atoms with Gasteiger partial charge in [0, 0.05) is 0 Å². The zero-order valence-corrected chi connectivity index (χ0v) is 9.46. The van der Waals surface area contributed by atoms with Crippen LogP contribution in [0.4, 0.5) is 0 Å². The Kier molecular flexibility index (Phi) is 3.05. The molecule has 0 saturated heterocycles. The van der Waals surface area contributed by atoms with Gasteiger partial charge in [-0.2, -0.15) is 0 Å². The van der Waals surface area contributed by atoms with Gasteiger partial charge in [0.15, 0.2) is 0 Å². The first-order valence-corrected chi connectivity index (χ1v) is 5.71. The molecule has 0 radical (unpaired) electrons. The molecule has 1 unspecified atom stereocenters. The number of benzene rings is 1. The Balaban J connectivity index is 2.14. The van der Waals surface area contributed by atoms with Gasteiger partial charge in [-0.3, -0.25) is 0 Å². The third kappa shape index (κ3) is 2.38. The Hall–Kier alpha value is -1.31. The summed E-state index contributed by atoms with van der Waals surface area (Å²) in [6.45, 7) is 4.56. The minimum atomic E-state index is 0.773. The topological polar surface area (TPSA) is 28.7 Å². The van der Waals surface area contributed by atoms with E-state index >= 15 is 0 Å². The van der Waals surface area contributed by atoms with Crippen molar-refractivity contribution in [1.82, 2.24) is 9.97 Å². The number of nitrogens with one attached hydrogen (secondary N) is 1. The van der Waals surface area contributed by atoms with E-state index in [1.807, 2.05) is 0 Å². The smallest absolute Gasteiger partial charge is 0.0931 e. The van der Waals surface area contributed by atoms with Crippen LogP contribution in [-0.4, -0.2) is 9.97 Å². The molecule has 2 nitrogen and oxygen atoms in total. The predicted molar refractivity (Wildman–Crippen MR) is 63.9 cm³/mol. The monoisotopic (exact) mass is 202 g/mol. The minimum absolute atomic E-state index is 0.773. The molecule has 0 aliphatic carbocycles. The molecule has 0 spiro atoms. The lowest BCUT2D eigenvalue weighted by molar-refractivity contribution is 0.523. The number of fused-ring (bicyclic) bond motifs is 1. The zero-order valence-electron chi connectivity index (χ0n) is 9.46. The summed E-state index contributed by atoms with van der Waals surface area (Å²) in [5, 5.41) is 0. The highest BCUT2D eigenvalue weighted by Gasteiger charge is 2.04. The first kappa shape index (κ1) is 10.2. The number of nitrogens with zero attached hydrogens (tertiary/aromatic N) is 1. The van der Waals surface area contributed by atoms with Gasteiger partial charge < -0.3 is 4.98 Å². The van der Waals surface area contributed by atoms with Gasteiger partial charge in [-0.05, 0) is 30.0 Å².